The van der Waals surface area contributed by atoms with Gasteiger partial charge in [0, 0.05) is 6.42 Å². The summed E-state index contributed by atoms with van der Waals surface area (Å²) in [5.41, 5.74) is 2.09. The Labute approximate surface area is 90.6 Å². The Morgan fingerprint density at radius 3 is 2.73 bits per heavy atom. The van der Waals surface area contributed by atoms with Crippen LogP contribution in [-0.4, -0.2) is 12.9 Å². The van der Waals surface area contributed by atoms with Crippen LogP contribution in [0.2, 0.25) is 0 Å². The van der Waals surface area contributed by atoms with E-state index in [2.05, 4.69) is 0 Å². The molecule has 0 N–H and O–H groups in total. The topological polar surface area (TPSA) is 26.3 Å². The van der Waals surface area contributed by atoms with E-state index in [1.807, 2.05) is 37.3 Å². The minimum absolute atomic E-state index is 0.161. The molecule has 0 aromatic heterocycles. The number of hydrogen-bond acceptors (Lipinski definition) is 2. The van der Waals surface area contributed by atoms with E-state index in [1.54, 1.807) is 14.0 Å². The number of allylic oxidation sites excluding steroid dienone is 1. The van der Waals surface area contributed by atoms with Crippen LogP contribution in [0.4, 0.5) is 0 Å². The highest BCUT2D eigenvalue weighted by atomic mass is 16.5. The smallest absolute Gasteiger partial charge is 0.134 e. The van der Waals surface area contributed by atoms with Gasteiger partial charge in [0.15, 0.2) is 0 Å². The van der Waals surface area contributed by atoms with Crippen molar-refractivity contribution in [2.24, 2.45) is 0 Å². The van der Waals surface area contributed by atoms with Crippen molar-refractivity contribution in [2.45, 2.75) is 20.3 Å². The molecule has 15 heavy (non-hydrogen) atoms. The second-order valence-corrected chi connectivity index (χ2v) is 3.44. The molecule has 0 aliphatic carbocycles. The average Bonchev–Trinajstić information content (AvgIpc) is 2.20. The van der Waals surface area contributed by atoms with Crippen molar-refractivity contribution in [2.75, 3.05) is 7.11 Å². The van der Waals surface area contributed by atoms with Gasteiger partial charge in [0.05, 0.1) is 7.11 Å². The minimum Gasteiger partial charge on any atom is -0.497 e. The summed E-state index contributed by atoms with van der Waals surface area (Å²) in [7, 11) is 1.63. The SMILES string of the molecule is C/C=C\c1ccc(OC)cc1CC(C)=O. The lowest BCUT2D eigenvalue weighted by Gasteiger charge is -2.07. The van der Waals surface area contributed by atoms with Crippen molar-refractivity contribution in [3.63, 3.8) is 0 Å². The molecular weight excluding hydrogens is 188 g/mol. The summed E-state index contributed by atoms with van der Waals surface area (Å²) in [6.45, 7) is 3.56. The normalized spacial score (nSPS) is 10.6. The lowest BCUT2D eigenvalue weighted by molar-refractivity contribution is -0.116. The van der Waals surface area contributed by atoms with E-state index < -0.39 is 0 Å². The summed E-state index contributed by atoms with van der Waals surface area (Å²) in [6, 6.07) is 5.78. The number of benzene rings is 1. The molecule has 1 rings (SSSR count). The van der Waals surface area contributed by atoms with Crippen LogP contribution < -0.4 is 4.74 Å². The van der Waals surface area contributed by atoms with Gasteiger partial charge in [-0.3, -0.25) is 4.79 Å². The van der Waals surface area contributed by atoms with Crippen molar-refractivity contribution in [3.8, 4) is 5.75 Å². The monoisotopic (exact) mass is 204 g/mol. The first-order valence-electron chi connectivity index (χ1n) is 4.96. The number of methoxy groups -OCH3 is 1. The van der Waals surface area contributed by atoms with Crippen LogP contribution in [0.25, 0.3) is 6.08 Å². The molecule has 1 aromatic rings. The van der Waals surface area contributed by atoms with E-state index in [4.69, 9.17) is 4.74 Å². The molecule has 2 nitrogen and oxygen atoms in total. The molecule has 0 atom stereocenters. The molecule has 0 aliphatic rings. The number of ketones is 1. The van der Waals surface area contributed by atoms with Crippen molar-refractivity contribution >= 4 is 11.9 Å². The highest BCUT2D eigenvalue weighted by Crippen LogP contribution is 2.19. The first kappa shape index (κ1) is 11.5. The zero-order chi connectivity index (χ0) is 11.3. The Morgan fingerprint density at radius 1 is 1.47 bits per heavy atom. The number of carbonyl (C=O) groups excluding carboxylic acids is 1. The maximum Gasteiger partial charge on any atom is 0.134 e. The molecule has 0 fully saturated rings. The second-order valence-electron chi connectivity index (χ2n) is 3.44. The van der Waals surface area contributed by atoms with Crippen LogP contribution in [0.15, 0.2) is 24.3 Å². The fraction of sp³-hybridized carbons (Fsp3) is 0.308. The molecule has 80 valence electrons. The lowest BCUT2D eigenvalue weighted by atomic mass is 10.0. The van der Waals surface area contributed by atoms with Crippen molar-refractivity contribution in [1.29, 1.82) is 0 Å². The van der Waals surface area contributed by atoms with Gasteiger partial charge in [0.1, 0.15) is 11.5 Å². The van der Waals surface area contributed by atoms with Gasteiger partial charge in [-0.05, 0) is 37.1 Å². The van der Waals surface area contributed by atoms with E-state index in [1.165, 1.54) is 0 Å². The predicted molar refractivity (Wildman–Crippen MR) is 62.1 cm³/mol. The maximum absolute atomic E-state index is 11.1. The third-order valence-corrected chi connectivity index (χ3v) is 2.14. The molecule has 1 aromatic carbocycles. The highest BCUT2D eigenvalue weighted by molar-refractivity contribution is 5.79. The summed E-state index contributed by atoms with van der Waals surface area (Å²) in [6.07, 6.45) is 4.42. The first-order valence-corrected chi connectivity index (χ1v) is 4.96. The van der Waals surface area contributed by atoms with Crippen LogP contribution in [0.3, 0.4) is 0 Å². The predicted octanol–water partition coefficient (Wildman–Crippen LogP) is 2.86. The quantitative estimate of drug-likeness (QED) is 0.753. The van der Waals surface area contributed by atoms with Gasteiger partial charge in [0.2, 0.25) is 0 Å². The van der Waals surface area contributed by atoms with Crippen LogP contribution in [0, 0.1) is 0 Å². The van der Waals surface area contributed by atoms with Gasteiger partial charge in [0.25, 0.3) is 0 Å². The fourth-order valence-electron chi connectivity index (χ4n) is 1.47. The van der Waals surface area contributed by atoms with E-state index in [9.17, 15) is 4.79 Å². The fourth-order valence-corrected chi connectivity index (χ4v) is 1.47. The molecule has 0 saturated carbocycles. The van der Waals surface area contributed by atoms with Gasteiger partial charge in [-0.1, -0.05) is 18.2 Å². The van der Waals surface area contributed by atoms with Crippen molar-refractivity contribution in [1.82, 2.24) is 0 Å². The zero-order valence-corrected chi connectivity index (χ0v) is 9.41. The van der Waals surface area contributed by atoms with Crippen molar-refractivity contribution in [3.05, 3.63) is 35.4 Å². The number of hydrogen-bond donors (Lipinski definition) is 0. The second kappa shape index (κ2) is 5.35. The van der Waals surface area contributed by atoms with Gasteiger partial charge in [-0.15, -0.1) is 0 Å². The molecule has 0 spiro atoms. The molecule has 0 unspecified atom stereocenters. The highest BCUT2D eigenvalue weighted by Gasteiger charge is 2.04. The van der Waals surface area contributed by atoms with Crippen LogP contribution >= 0.6 is 0 Å². The Hall–Kier alpha value is -1.57. The van der Waals surface area contributed by atoms with Crippen LogP contribution in [-0.2, 0) is 11.2 Å². The van der Waals surface area contributed by atoms with E-state index in [0.717, 1.165) is 16.9 Å². The summed E-state index contributed by atoms with van der Waals surface area (Å²) in [5.74, 6) is 0.952. The Kier molecular flexibility index (Phi) is 4.10. The number of carbonyl (C=O) groups is 1. The standard InChI is InChI=1S/C13H16O2/c1-4-5-11-6-7-13(15-3)9-12(11)8-10(2)14/h4-7,9H,8H2,1-3H3/b5-4-. The summed E-state index contributed by atoms with van der Waals surface area (Å²) < 4.78 is 5.13. The minimum atomic E-state index is 0.161. The molecular formula is C13H16O2. The first-order chi connectivity index (χ1) is 7.17. The largest absolute Gasteiger partial charge is 0.497 e. The van der Waals surface area contributed by atoms with Gasteiger partial charge < -0.3 is 4.74 Å². The van der Waals surface area contributed by atoms with Crippen LogP contribution in [0.1, 0.15) is 25.0 Å². The number of rotatable bonds is 4. The molecule has 0 aliphatic heterocycles. The van der Waals surface area contributed by atoms with Crippen molar-refractivity contribution < 1.29 is 9.53 Å². The Bertz CT molecular complexity index is 378. The van der Waals surface area contributed by atoms with Gasteiger partial charge in [-0.2, -0.15) is 0 Å². The molecule has 0 saturated heterocycles. The third kappa shape index (κ3) is 3.24. The summed E-state index contributed by atoms with van der Waals surface area (Å²) in [4.78, 5) is 11.1. The molecule has 0 heterocycles. The summed E-state index contributed by atoms with van der Waals surface area (Å²) in [5, 5.41) is 0. The lowest BCUT2D eigenvalue weighted by Crippen LogP contribution is -1.99. The van der Waals surface area contributed by atoms with Gasteiger partial charge >= 0.3 is 0 Å². The third-order valence-electron chi connectivity index (χ3n) is 2.14. The Balaban J connectivity index is 3.09. The van der Waals surface area contributed by atoms with E-state index >= 15 is 0 Å². The van der Waals surface area contributed by atoms with E-state index in [0.29, 0.717) is 6.42 Å². The maximum atomic E-state index is 11.1. The molecule has 2 heteroatoms. The average molecular weight is 204 g/mol. The summed E-state index contributed by atoms with van der Waals surface area (Å²) >= 11 is 0. The molecule has 0 bridgehead atoms. The number of ether oxygens (including phenoxy) is 1. The number of Topliss-reactive ketones (excluding diaryl/α,β-unsaturated/α-hetero) is 1. The Morgan fingerprint density at radius 2 is 2.20 bits per heavy atom. The van der Waals surface area contributed by atoms with Crippen LogP contribution in [0.5, 0.6) is 5.75 Å². The van der Waals surface area contributed by atoms with Gasteiger partial charge in [-0.25, -0.2) is 0 Å². The molecule has 0 radical (unpaired) electrons. The van der Waals surface area contributed by atoms with E-state index in [-0.39, 0.29) is 5.78 Å². The molecule has 0 amide bonds. The zero-order valence-electron chi connectivity index (χ0n) is 9.41.